The molecule has 0 saturated heterocycles. The lowest BCUT2D eigenvalue weighted by molar-refractivity contribution is 0.415. The summed E-state index contributed by atoms with van der Waals surface area (Å²) >= 11 is 0. The highest BCUT2D eigenvalue weighted by atomic mass is 32.2. The zero-order valence-electron chi connectivity index (χ0n) is 39.5. The molecule has 9 aromatic rings. The van der Waals surface area contributed by atoms with Gasteiger partial charge < -0.3 is 19.9 Å². The first-order valence-corrected chi connectivity index (χ1v) is 28.9. The zero-order chi connectivity index (χ0) is 56.3. The van der Waals surface area contributed by atoms with E-state index in [-0.39, 0.29) is 77.3 Å². The SMILES string of the molecule is COc1ccc(Nc2ccc3c(O)c(N=Nc4ccc(N=Nc5c(OC)cc(N=Nc6cc(S(=O)(=O)O)c7cccc(S(=O)(=O)O)c7c6)c6cc(S(=O)(=O)O)ccc56)c5ccc(S(=O)(=O)O)cc45)c(S(=O)(=O)O)cc3c2)cc1. The molecule has 0 fully saturated rings. The lowest BCUT2D eigenvalue weighted by Gasteiger charge is -2.12. The second-order valence-corrected chi connectivity index (χ2v) is 23.6. The Bertz CT molecular complexity index is 4710. The molecule has 0 aliphatic heterocycles. The second-order valence-electron chi connectivity index (χ2n) is 16.6. The summed E-state index contributed by atoms with van der Waals surface area (Å²) in [5.41, 5.74) is -0.528. The summed E-state index contributed by atoms with van der Waals surface area (Å²) < 4.78 is 186. The first kappa shape index (κ1) is 54.4. The largest absolute Gasteiger partial charge is 0.505 e. The number of nitrogens with one attached hydrogen (secondary N) is 1. The van der Waals surface area contributed by atoms with E-state index in [4.69, 9.17) is 9.47 Å². The minimum Gasteiger partial charge on any atom is -0.505 e. The number of fused-ring (bicyclic) bond motifs is 4. The molecule has 9 rings (SSSR count). The van der Waals surface area contributed by atoms with Crippen molar-refractivity contribution >= 4 is 139 Å². The van der Waals surface area contributed by atoms with Crippen molar-refractivity contribution in [1.29, 1.82) is 0 Å². The van der Waals surface area contributed by atoms with Crippen molar-refractivity contribution in [3.63, 3.8) is 0 Å². The molecule has 0 spiro atoms. The molecule has 0 unspecified atom stereocenters. The number of rotatable bonds is 15. The Hall–Kier alpha value is -8.43. The summed E-state index contributed by atoms with van der Waals surface area (Å²) in [7, 11) is -22.2. The van der Waals surface area contributed by atoms with Gasteiger partial charge in [0.1, 0.15) is 37.6 Å². The highest BCUT2D eigenvalue weighted by Gasteiger charge is 2.25. The molecule has 400 valence electrons. The first-order chi connectivity index (χ1) is 36.6. The number of phenolic OH excluding ortho intramolecular Hbond substituents is 1. The number of azo groups is 3. The van der Waals surface area contributed by atoms with Crippen LogP contribution >= 0.6 is 0 Å². The summed E-state index contributed by atoms with van der Waals surface area (Å²) in [6.07, 6.45) is 0. The van der Waals surface area contributed by atoms with Crippen LogP contribution in [0.25, 0.3) is 43.1 Å². The van der Waals surface area contributed by atoms with Gasteiger partial charge in [0.2, 0.25) is 0 Å². The van der Waals surface area contributed by atoms with Gasteiger partial charge in [-0.1, -0.05) is 24.3 Å². The van der Waals surface area contributed by atoms with E-state index in [1.165, 1.54) is 62.8 Å². The van der Waals surface area contributed by atoms with Crippen molar-refractivity contribution in [2.45, 2.75) is 24.5 Å². The van der Waals surface area contributed by atoms with Crippen LogP contribution in [0.5, 0.6) is 17.2 Å². The topological polar surface area (TPSA) is 397 Å². The van der Waals surface area contributed by atoms with Crippen molar-refractivity contribution in [3.8, 4) is 17.2 Å². The van der Waals surface area contributed by atoms with E-state index in [1.807, 2.05) is 0 Å². The molecule has 0 atom stereocenters. The Labute approximate surface area is 441 Å². The van der Waals surface area contributed by atoms with E-state index in [2.05, 4.69) is 36.0 Å². The molecule has 0 aliphatic carbocycles. The third kappa shape index (κ3) is 11.1. The van der Waals surface area contributed by atoms with E-state index in [9.17, 15) is 70.0 Å². The van der Waals surface area contributed by atoms with Crippen LogP contribution in [0, 0.1) is 0 Å². The Balaban J connectivity index is 1.15. The van der Waals surface area contributed by atoms with Gasteiger partial charge in [-0.05, 0) is 109 Å². The molecule has 30 heteroatoms. The maximum atomic E-state index is 12.8. The number of anilines is 2. The number of hydrogen-bond donors (Lipinski definition) is 7. The maximum absolute atomic E-state index is 12.8. The van der Waals surface area contributed by atoms with E-state index >= 15 is 0 Å². The number of aromatic hydroxyl groups is 1. The van der Waals surface area contributed by atoms with Gasteiger partial charge in [0.25, 0.3) is 50.6 Å². The molecule has 78 heavy (non-hydrogen) atoms. The average Bonchev–Trinajstić information content (AvgIpc) is 3.53. The normalized spacial score (nSPS) is 13.0. The number of methoxy groups -OCH3 is 2. The standard InChI is InChI=1S/C48H35N7O18S5/c1-72-29-9-6-26(7-10-29)49-27-8-13-32-25(18-27)19-45(78(69,70)71)47(48(32)56)55-52-40-17-16-39(33-14-11-30(22-36(33)40)74(57,58)59)51-54-46-35-15-12-31(75(60,61)62)23-37(35)41(24-42(46)73-2)53-50-28-20-38-34(44(21-28)77(66,67)68)4-3-5-43(38)76(63,64)65/h3-24,49,56H,1-2H3,(H,57,58,59)(H,60,61,62)(H,63,64,65)(H,66,67,68)(H,69,70,71). The molecular weight excluding hydrogens is 1120 g/mol. The van der Waals surface area contributed by atoms with Gasteiger partial charge in [0, 0.05) is 55.1 Å². The molecule has 0 amide bonds. The number of hydrogen-bond acceptors (Lipinski definition) is 20. The van der Waals surface area contributed by atoms with Crippen LogP contribution in [-0.4, -0.2) is 84.2 Å². The van der Waals surface area contributed by atoms with Gasteiger partial charge in [-0.3, -0.25) is 22.8 Å². The molecule has 0 aromatic heterocycles. The van der Waals surface area contributed by atoms with Crippen LogP contribution in [0.15, 0.2) is 189 Å². The van der Waals surface area contributed by atoms with Crippen molar-refractivity contribution in [2.75, 3.05) is 19.5 Å². The molecule has 0 bridgehead atoms. The Morgan fingerprint density at radius 1 is 0.397 bits per heavy atom. The lowest BCUT2D eigenvalue weighted by Crippen LogP contribution is -2.03. The maximum Gasteiger partial charge on any atom is 0.296 e. The van der Waals surface area contributed by atoms with Crippen LogP contribution in [0.1, 0.15) is 0 Å². The van der Waals surface area contributed by atoms with Crippen molar-refractivity contribution in [3.05, 3.63) is 133 Å². The monoisotopic (exact) mass is 1160 g/mol. The number of benzene rings is 9. The van der Waals surface area contributed by atoms with Gasteiger partial charge in [-0.25, -0.2) is 0 Å². The fourth-order valence-electron chi connectivity index (χ4n) is 8.17. The third-order valence-corrected chi connectivity index (χ3v) is 16.1. The summed E-state index contributed by atoms with van der Waals surface area (Å²) in [6, 6.07) is 27.8. The minimum atomic E-state index is -5.12. The second kappa shape index (κ2) is 20.2. The summed E-state index contributed by atoms with van der Waals surface area (Å²) in [4.78, 5) is -3.67. The molecule has 0 aliphatic rings. The average molecular weight is 1160 g/mol. The Kier molecular flexibility index (Phi) is 14.1. The quantitative estimate of drug-likeness (QED) is 0.0370. The Morgan fingerprint density at radius 2 is 0.949 bits per heavy atom. The van der Waals surface area contributed by atoms with Crippen LogP contribution < -0.4 is 14.8 Å². The van der Waals surface area contributed by atoms with Gasteiger partial charge in [-0.15, -0.1) is 25.6 Å². The summed E-state index contributed by atoms with van der Waals surface area (Å²) in [5, 5.41) is 39.1. The van der Waals surface area contributed by atoms with Crippen LogP contribution in [0.4, 0.5) is 45.5 Å². The molecule has 0 saturated carbocycles. The highest BCUT2D eigenvalue weighted by molar-refractivity contribution is 7.87. The van der Waals surface area contributed by atoms with E-state index in [0.717, 1.165) is 54.6 Å². The lowest BCUT2D eigenvalue weighted by atomic mass is 10.1. The highest BCUT2D eigenvalue weighted by Crippen LogP contribution is 2.47. The van der Waals surface area contributed by atoms with Crippen molar-refractivity contribution < 1.29 is 79.4 Å². The molecule has 9 aromatic carbocycles. The minimum absolute atomic E-state index is 0.0270. The molecule has 25 nitrogen and oxygen atoms in total. The van der Waals surface area contributed by atoms with Gasteiger partial charge in [-0.2, -0.15) is 47.2 Å². The molecule has 7 N–H and O–H groups in total. The zero-order valence-corrected chi connectivity index (χ0v) is 43.6. The predicted octanol–water partition coefficient (Wildman–Crippen LogP) is 11.2. The fourth-order valence-corrected chi connectivity index (χ4v) is 11.3. The Morgan fingerprint density at radius 3 is 1.54 bits per heavy atom. The van der Waals surface area contributed by atoms with E-state index in [1.54, 1.807) is 30.3 Å². The third-order valence-electron chi connectivity index (χ3n) is 11.7. The van der Waals surface area contributed by atoms with E-state index < -0.39 is 86.5 Å². The summed E-state index contributed by atoms with van der Waals surface area (Å²) in [6.45, 7) is 0. The van der Waals surface area contributed by atoms with Gasteiger partial charge >= 0.3 is 0 Å². The van der Waals surface area contributed by atoms with Crippen LogP contribution in [-0.2, 0) is 50.6 Å². The number of nitrogens with zero attached hydrogens (tertiary/aromatic N) is 6. The molecule has 0 radical (unpaired) electrons. The number of phenols is 1. The van der Waals surface area contributed by atoms with Crippen molar-refractivity contribution in [2.24, 2.45) is 30.7 Å². The van der Waals surface area contributed by atoms with Crippen LogP contribution in [0.3, 0.4) is 0 Å². The van der Waals surface area contributed by atoms with E-state index in [0.29, 0.717) is 17.1 Å². The number of ether oxygens (including phenoxy) is 2. The predicted molar refractivity (Wildman–Crippen MR) is 282 cm³/mol. The van der Waals surface area contributed by atoms with Gasteiger partial charge in [0.05, 0.1) is 46.8 Å². The molecule has 0 heterocycles. The van der Waals surface area contributed by atoms with Crippen LogP contribution in [0.2, 0.25) is 0 Å². The summed E-state index contributed by atoms with van der Waals surface area (Å²) in [5.74, 6) is -0.225. The van der Waals surface area contributed by atoms with Gasteiger partial charge in [0.15, 0.2) is 5.75 Å². The fraction of sp³-hybridized carbons (Fsp3) is 0.0417. The van der Waals surface area contributed by atoms with Crippen molar-refractivity contribution in [1.82, 2.24) is 0 Å². The molecular formula is C48H35N7O18S5. The first-order valence-electron chi connectivity index (χ1n) is 21.7. The smallest absolute Gasteiger partial charge is 0.296 e.